The molecule has 5 nitrogen and oxygen atoms in total. The van der Waals surface area contributed by atoms with Crippen molar-refractivity contribution < 1.29 is 14.3 Å². The highest BCUT2D eigenvalue weighted by atomic mass is 16.5. The van der Waals surface area contributed by atoms with E-state index in [-0.39, 0.29) is 18.6 Å². The SMILES string of the molecule is COc1cccc(NC(=O)COC2CCCCC2CN)c1. The van der Waals surface area contributed by atoms with Crippen molar-refractivity contribution in [3.63, 3.8) is 0 Å². The van der Waals surface area contributed by atoms with Gasteiger partial charge in [0.2, 0.25) is 5.91 Å². The number of amides is 1. The highest BCUT2D eigenvalue weighted by Gasteiger charge is 2.25. The van der Waals surface area contributed by atoms with E-state index in [1.54, 1.807) is 13.2 Å². The molecule has 116 valence electrons. The van der Waals surface area contributed by atoms with Crippen LogP contribution in [0.2, 0.25) is 0 Å². The van der Waals surface area contributed by atoms with Crippen LogP contribution in [0.3, 0.4) is 0 Å². The average Bonchev–Trinajstić information content (AvgIpc) is 2.53. The Balaban J connectivity index is 1.81. The molecule has 0 spiro atoms. The Morgan fingerprint density at radius 2 is 2.19 bits per heavy atom. The first-order chi connectivity index (χ1) is 10.2. The van der Waals surface area contributed by atoms with Crippen molar-refractivity contribution in [3.8, 4) is 5.75 Å². The molecule has 1 aliphatic carbocycles. The highest BCUT2D eigenvalue weighted by Crippen LogP contribution is 2.26. The molecule has 0 bridgehead atoms. The summed E-state index contributed by atoms with van der Waals surface area (Å²) in [7, 11) is 1.60. The van der Waals surface area contributed by atoms with Gasteiger partial charge in [-0.05, 0) is 37.4 Å². The zero-order valence-electron chi connectivity index (χ0n) is 12.5. The maximum atomic E-state index is 11.9. The molecule has 1 fully saturated rings. The van der Waals surface area contributed by atoms with Crippen LogP contribution in [0.25, 0.3) is 0 Å². The van der Waals surface area contributed by atoms with Gasteiger partial charge in [0.05, 0.1) is 13.2 Å². The summed E-state index contributed by atoms with van der Waals surface area (Å²) in [5, 5.41) is 2.81. The molecule has 5 heteroatoms. The largest absolute Gasteiger partial charge is 0.497 e. The first-order valence-corrected chi connectivity index (χ1v) is 7.48. The van der Waals surface area contributed by atoms with E-state index in [0.717, 1.165) is 19.3 Å². The Hall–Kier alpha value is -1.59. The molecule has 0 aliphatic heterocycles. The lowest BCUT2D eigenvalue weighted by molar-refractivity contribution is -0.124. The highest BCUT2D eigenvalue weighted by molar-refractivity contribution is 5.91. The molecule has 2 rings (SSSR count). The molecule has 1 aliphatic rings. The molecular weight excluding hydrogens is 268 g/mol. The van der Waals surface area contributed by atoms with E-state index in [1.807, 2.05) is 18.2 Å². The normalized spacial score (nSPS) is 21.8. The molecule has 1 aromatic carbocycles. The van der Waals surface area contributed by atoms with Gasteiger partial charge < -0.3 is 20.5 Å². The lowest BCUT2D eigenvalue weighted by atomic mass is 9.86. The Labute approximate surface area is 125 Å². The van der Waals surface area contributed by atoms with Crippen LogP contribution in [-0.2, 0) is 9.53 Å². The van der Waals surface area contributed by atoms with Crippen molar-refractivity contribution in [3.05, 3.63) is 24.3 Å². The maximum Gasteiger partial charge on any atom is 0.250 e. The molecule has 3 N–H and O–H groups in total. The molecular formula is C16H24N2O3. The van der Waals surface area contributed by atoms with Gasteiger partial charge in [-0.15, -0.1) is 0 Å². The first-order valence-electron chi connectivity index (χ1n) is 7.48. The minimum absolute atomic E-state index is 0.0678. The van der Waals surface area contributed by atoms with Gasteiger partial charge in [-0.25, -0.2) is 0 Å². The summed E-state index contributed by atoms with van der Waals surface area (Å²) in [6.07, 6.45) is 4.56. The molecule has 2 atom stereocenters. The van der Waals surface area contributed by atoms with E-state index in [0.29, 0.717) is 23.9 Å². The quantitative estimate of drug-likeness (QED) is 0.842. The number of hydrogen-bond acceptors (Lipinski definition) is 4. The van der Waals surface area contributed by atoms with Crippen LogP contribution in [0, 0.1) is 5.92 Å². The van der Waals surface area contributed by atoms with Gasteiger partial charge in [0.15, 0.2) is 0 Å². The molecule has 21 heavy (non-hydrogen) atoms. The predicted octanol–water partition coefficient (Wildman–Crippen LogP) is 2.17. The Bertz CT molecular complexity index is 465. The Morgan fingerprint density at radius 3 is 2.95 bits per heavy atom. The van der Waals surface area contributed by atoms with Crippen LogP contribution in [0.1, 0.15) is 25.7 Å². The third kappa shape index (κ3) is 4.72. The first kappa shape index (κ1) is 15.8. The molecule has 0 aromatic heterocycles. The van der Waals surface area contributed by atoms with Crippen molar-refractivity contribution in [2.45, 2.75) is 31.8 Å². The minimum Gasteiger partial charge on any atom is -0.497 e. The lowest BCUT2D eigenvalue weighted by Crippen LogP contribution is -2.35. The number of anilines is 1. The lowest BCUT2D eigenvalue weighted by Gasteiger charge is -2.30. The molecule has 1 aromatic rings. The number of carbonyl (C=O) groups is 1. The minimum atomic E-state index is -0.149. The van der Waals surface area contributed by atoms with Gasteiger partial charge in [-0.2, -0.15) is 0 Å². The van der Waals surface area contributed by atoms with E-state index in [2.05, 4.69) is 5.32 Å². The molecule has 1 amide bonds. The summed E-state index contributed by atoms with van der Waals surface area (Å²) >= 11 is 0. The maximum absolute atomic E-state index is 11.9. The van der Waals surface area contributed by atoms with Crippen LogP contribution in [0.5, 0.6) is 5.75 Å². The van der Waals surface area contributed by atoms with E-state index in [1.165, 1.54) is 6.42 Å². The number of hydrogen-bond donors (Lipinski definition) is 2. The van der Waals surface area contributed by atoms with Crippen molar-refractivity contribution in [1.29, 1.82) is 0 Å². The smallest absolute Gasteiger partial charge is 0.250 e. The number of nitrogens with one attached hydrogen (secondary N) is 1. The molecule has 0 heterocycles. The third-order valence-corrected chi connectivity index (χ3v) is 3.92. The average molecular weight is 292 g/mol. The van der Waals surface area contributed by atoms with Crippen LogP contribution in [-0.4, -0.2) is 32.3 Å². The standard InChI is InChI=1S/C16H24N2O3/c1-20-14-7-4-6-13(9-14)18-16(19)11-21-15-8-3-2-5-12(15)10-17/h4,6-7,9,12,15H,2-3,5,8,10-11,17H2,1H3,(H,18,19). The molecule has 1 saturated carbocycles. The summed E-state index contributed by atoms with van der Waals surface area (Å²) in [5.41, 5.74) is 6.47. The van der Waals surface area contributed by atoms with Gasteiger partial charge >= 0.3 is 0 Å². The van der Waals surface area contributed by atoms with E-state index >= 15 is 0 Å². The molecule has 2 unspecified atom stereocenters. The number of methoxy groups -OCH3 is 1. The second-order valence-electron chi connectivity index (χ2n) is 5.41. The van der Waals surface area contributed by atoms with E-state index in [4.69, 9.17) is 15.2 Å². The van der Waals surface area contributed by atoms with Crippen LogP contribution >= 0.6 is 0 Å². The number of rotatable bonds is 6. The van der Waals surface area contributed by atoms with E-state index in [9.17, 15) is 4.79 Å². The van der Waals surface area contributed by atoms with Gasteiger partial charge in [0.25, 0.3) is 0 Å². The topological polar surface area (TPSA) is 73.6 Å². The van der Waals surface area contributed by atoms with Gasteiger partial charge in [-0.3, -0.25) is 4.79 Å². The van der Waals surface area contributed by atoms with Crippen LogP contribution < -0.4 is 15.8 Å². The summed E-state index contributed by atoms with van der Waals surface area (Å²) < 4.78 is 10.9. The summed E-state index contributed by atoms with van der Waals surface area (Å²) in [4.78, 5) is 11.9. The van der Waals surface area contributed by atoms with Crippen molar-refractivity contribution in [1.82, 2.24) is 0 Å². The fourth-order valence-electron chi connectivity index (χ4n) is 2.74. The number of benzene rings is 1. The summed E-state index contributed by atoms with van der Waals surface area (Å²) in [6.45, 7) is 0.695. The second kappa shape index (κ2) is 8.00. The van der Waals surface area contributed by atoms with Crippen molar-refractivity contribution in [2.24, 2.45) is 11.7 Å². The summed E-state index contributed by atoms with van der Waals surface area (Å²) in [5.74, 6) is 0.942. The number of nitrogens with two attached hydrogens (primary N) is 1. The molecule has 0 radical (unpaired) electrons. The zero-order chi connectivity index (χ0) is 15.1. The van der Waals surface area contributed by atoms with Gasteiger partial charge in [0.1, 0.15) is 12.4 Å². The number of carbonyl (C=O) groups excluding carboxylic acids is 1. The monoisotopic (exact) mass is 292 g/mol. The van der Waals surface area contributed by atoms with Crippen molar-refractivity contribution >= 4 is 11.6 Å². The van der Waals surface area contributed by atoms with E-state index < -0.39 is 0 Å². The fourth-order valence-corrected chi connectivity index (χ4v) is 2.74. The van der Waals surface area contributed by atoms with Crippen molar-refractivity contribution in [2.75, 3.05) is 25.6 Å². The van der Waals surface area contributed by atoms with Gasteiger partial charge in [-0.1, -0.05) is 18.9 Å². The Morgan fingerprint density at radius 1 is 1.38 bits per heavy atom. The third-order valence-electron chi connectivity index (χ3n) is 3.92. The molecule has 0 saturated heterocycles. The zero-order valence-corrected chi connectivity index (χ0v) is 12.5. The summed E-state index contributed by atoms with van der Waals surface area (Å²) in [6, 6.07) is 7.27. The number of ether oxygens (including phenoxy) is 2. The van der Waals surface area contributed by atoms with Crippen LogP contribution in [0.4, 0.5) is 5.69 Å². The predicted molar refractivity (Wildman–Crippen MR) is 82.4 cm³/mol. The Kier molecular flexibility index (Phi) is 6.02. The van der Waals surface area contributed by atoms with Crippen LogP contribution in [0.15, 0.2) is 24.3 Å². The van der Waals surface area contributed by atoms with Gasteiger partial charge in [0, 0.05) is 11.8 Å². The second-order valence-corrected chi connectivity index (χ2v) is 5.41. The fraction of sp³-hybridized carbons (Fsp3) is 0.562.